The molecule has 0 unspecified atom stereocenters. The van der Waals surface area contributed by atoms with Gasteiger partial charge in [0, 0.05) is 5.69 Å². The predicted molar refractivity (Wildman–Crippen MR) is 69.2 cm³/mol. The van der Waals surface area contributed by atoms with Crippen LogP contribution in [0.3, 0.4) is 0 Å². The molecule has 1 aromatic rings. The largest absolute Gasteiger partial charge is 0.573 e. The molecule has 1 atom stereocenters. The molecule has 20 heavy (non-hydrogen) atoms. The lowest BCUT2D eigenvalue weighted by atomic mass is 9.87. The minimum absolute atomic E-state index is 0.351. The molecule has 3 N–H and O–H groups in total. The summed E-state index contributed by atoms with van der Waals surface area (Å²) in [5, 5.41) is 2.54. The molecule has 7 heteroatoms. The lowest BCUT2D eigenvalue weighted by molar-refractivity contribution is -0.274. The number of carbonyl (C=O) groups excluding carboxylic acids is 1. The van der Waals surface area contributed by atoms with Crippen LogP contribution in [-0.2, 0) is 4.79 Å². The average molecular weight is 290 g/mol. The highest BCUT2D eigenvalue weighted by Crippen LogP contribution is 2.24. The van der Waals surface area contributed by atoms with Crippen molar-refractivity contribution in [3.05, 3.63) is 24.3 Å². The van der Waals surface area contributed by atoms with E-state index >= 15 is 0 Å². The van der Waals surface area contributed by atoms with Crippen LogP contribution >= 0.6 is 0 Å². The Hall–Kier alpha value is -1.76. The van der Waals surface area contributed by atoms with E-state index < -0.39 is 23.7 Å². The summed E-state index contributed by atoms with van der Waals surface area (Å²) in [5.41, 5.74) is 5.71. The quantitative estimate of drug-likeness (QED) is 0.899. The first-order valence-corrected chi connectivity index (χ1v) is 5.91. The van der Waals surface area contributed by atoms with E-state index in [4.69, 9.17) is 5.73 Å². The van der Waals surface area contributed by atoms with Crippen LogP contribution in [0.1, 0.15) is 20.8 Å². The minimum Gasteiger partial charge on any atom is -0.406 e. The molecule has 0 spiro atoms. The van der Waals surface area contributed by atoms with Crippen molar-refractivity contribution in [3.8, 4) is 5.75 Å². The molecule has 1 rings (SSSR count). The van der Waals surface area contributed by atoms with Crippen LogP contribution in [-0.4, -0.2) is 18.3 Å². The van der Waals surface area contributed by atoms with E-state index in [1.165, 1.54) is 12.1 Å². The third kappa shape index (κ3) is 5.08. The lowest BCUT2D eigenvalue weighted by Gasteiger charge is -2.25. The Bertz CT molecular complexity index is 464. The average Bonchev–Trinajstić information content (AvgIpc) is 2.27. The van der Waals surface area contributed by atoms with Gasteiger partial charge in [0.1, 0.15) is 5.75 Å². The van der Waals surface area contributed by atoms with E-state index in [1.54, 1.807) is 0 Å². The van der Waals surface area contributed by atoms with Crippen molar-refractivity contribution in [1.82, 2.24) is 0 Å². The highest BCUT2D eigenvalue weighted by molar-refractivity contribution is 5.95. The number of benzene rings is 1. The Kier molecular flexibility index (Phi) is 4.65. The van der Waals surface area contributed by atoms with Crippen molar-refractivity contribution in [3.63, 3.8) is 0 Å². The number of ether oxygens (including phenoxy) is 1. The molecule has 1 aromatic carbocycles. The van der Waals surface area contributed by atoms with Crippen molar-refractivity contribution < 1.29 is 22.7 Å². The molecule has 0 saturated heterocycles. The zero-order valence-corrected chi connectivity index (χ0v) is 11.4. The normalized spacial score (nSPS) is 13.8. The maximum atomic E-state index is 12.0. The van der Waals surface area contributed by atoms with Crippen LogP contribution in [0.2, 0.25) is 0 Å². The molecule has 4 nitrogen and oxygen atoms in total. The summed E-state index contributed by atoms with van der Waals surface area (Å²) in [6.07, 6.45) is -4.74. The molecule has 0 aliphatic heterocycles. The van der Waals surface area contributed by atoms with Crippen LogP contribution < -0.4 is 15.8 Å². The van der Waals surface area contributed by atoms with E-state index in [0.29, 0.717) is 5.69 Å². The van der Waals surface area contributed by atoms with Crippen LogP contribution in [0.5, 0.6) is 5.75 Å². The number of nitrogens with two attached hydrogens (primary N) is 1. The van der Waals surface area contributed by atoms with Gasteiger partial charge in [0.25, 0.3) is 0 Å². The van der Waals surface area contributed by atoms with Gasteiger partial charge in [-0.2, -0.15) is 0 Å². The van der Waals surface area contributed by atoms with Crippen molar-refractivity contribution in [2.45, 2.75) is 33.2 Å². The van der Waals surface area contributed by atoms with Crippen molar-refractivity contribution in [2.24, 2.45) is 11.1 Å². The molecule has 0 aliphatic carbocycles. The number of hydrogen-bond donors (Lipinski definition) is 2. The van der Waals surface area contributed by atoms with Crippen LogP contribution in [0.25, 0.3) is 0 Å². The monoisotopic (exact) mass is 290 g/mol. The van der Waals surface area contributed by atoms with Gasteiger partial charge in [-0.15, -0.1) is 13.2 Å². The van der Waals surface area contributed by atoms with Crippen LogP contribution in [0.15, 0.2) is 24.3 Å². The second kappa shape index (κ2) is 5.70. The highest BCUT2D eigenvalue weighted by Gasteiger charge is 2.31. The highest BCUT2D eigenvalue weighted by atomic mass is 19.4. The number of anilines is 1. The van der Waals surface area contributed by atoms with Gasteiger partial charge in [0.2, 0.25) is 5.91 Å². The minimum atomic E-state index is -4.74. The Morgan fingerprint density at radius 3 is 2.10 bits per heavy atom. The van der Waals surface area contributed by atoms with Crippen molar-refractivity contribution in [2.75, 3.05) is 5.32 Å². The smallest absolute Gasteiger partial charge is 0.406 e. The van der Waals surface area contributed by atoms with Gasteiger partial charge in [-0.1, -0.05) is 20.8 Å². The first kappa shape index (κ1) is 16.3. The molecule has 0 radical (unpaired) electrons. The number of alkyl halides is 3. The Morgan fingerprint density at radius 1 is 1.20 bits per heavy atom. The number of rotatable bonds is 3. The Labute approximate surface area is 115 Å². The molecular formula is C13H17F3N2O2. The summed E-state index contributed by atoms with van der Waals surface area (Å²) in [7, 11) is 0. The van der Waals surface area contributed by atoms with E-state index in [1.807, 2.05) is 20.8 Å². The SMILES string of the molecule is CC(C)(C)[C@@H](N)C(=O)Nc1ccc(OC(F)(F)F)cc1. The fourth-order valence-electron chi connectivity index (χ4n) is 1.35. The molecule has 0 aromatic heterocycles. The van der Waals surface area contributed by atoms with Crippen LogP contribution in [0, 0.1) is 5.41 Å². The zero-order chi connectivity index (χ0) is 15.6. The van der Waals surface area contributed by atoms with Crippen molar-refractivity contribution in [1.29, 1.82) is 0 Å². The predicted octanol–water partition coefficient (Wildman–Crippen LogP) is 2.90. The maximum absolute atomic E-state index is 12.0. The fourth-order valence-corrected chi connectivity index (χ4v) is 1.35. The van der Waals surface area contributed by atoms with E-state index in [9.17, 15) is 18.0 Å². The van der Waals surface area contributed by atoms with Gasteiger partial charge in [0.05, 0.1) is 6.04 Å². The van der Waals surface area contributed by atoms with E-state index in [-0.39, 0.29) is 5.75 Å². The lowest BCUT2D eigenvalue weighted by Crippen LogP contribution is -2.45. The summed E-state index contributed by atoms with van der Waals surface area (Å²) in [4.78, 5) is 11.8. The molecule has 0 bridgehead atoms. The van der Waals surface area contributed by atoms with E-state index in [2.05, 4.69) is 10.1 Å². The standard InChI is InChI=1S/C13H17F3N2O2/c1-12(2,3)10(17)11(19)18-8-4-6-9(7-5-8)20-13(14,15)16/h4-7,10H,17H2,1-3H3,(H,18,19)/t10-/m0/s1. The van der Waals surface area contributed by atoms with Crippen LogP contribution in [0.4, 0.5) is 18.9 Å². The third-order valence-electron chi connectivity index (χ3n) is 2.57. The molecule has 1 amide bonds. The zero-order valence-electron chi connectivity index (χ0n) is 11.4. The fraction of sp³-hybridized carbons (Fsp3) is 0.462. The van der Waals surface area contributed by atoms with Gasteiger partial charge in [-0.05, 0) is 29.7 Å². The van der Waals surface area contributed by atoms with Gasteiger partial charge >= 0.3 is 6.36 Å². The molecular weight excluding hydrogens is 273 g/mol. The van der Waals surface area contributed by atoms with Gasteiger partial charge in [-0.25, -0.2) is 0 Å². The van der Waals surface area contributed by atoms with Gasteiger partial charge in [0.15, 0.2) is 0 Å². The summed E-state index contributed by atoms with van der Waals surface area (Å²) < 4.78 is 39.7. The van der Waals surface area contributed by atoms with E-state index in [0.717, 1.165) is 12.1 Å². The Morgan fingerprint density at radius 2 is 1.70 bits per heavy atom. The molecule has 0 heterocycles. The summed E-state index contributed by atoms with van der Waals surface area (Å²) >= 11 is 0. The number of amides is 1. The molecule has 112 valence electrons. The summed E-state index contributed by atoms with van der Waals surface area (Å²) in [6.45, 7) is 5.45. The summed E-state index contributed by atoms with van der Waals surface area (Å²) in [5.74, 6) is -0.752. The van der Waals surface area contributed by atoms with Crippen molar-refractivity contribution >= 4 is 11.6 Å². The third-order valence-corrected chi connectivity index (χ3v) is 2.57. The molecule has 0 aliphatic rings. The molecule has 0 fully saturated rings. The first-order valence-electron chi connectivity index (χ1n) is 5.91. The summed E-state index contributed by atoms with van der Waals surface area (Å²) in [6, 6.07) is 4.13. The van der Waals surface area contributed by atoms with Gasteiger partial charge in [-0.3, -0.25) is 4.79 Å². The topological polar surface area (TPSA) is 64.4 Å². The number of hydrogen-bond acceptors (Lipinski definition) is 3. The number of nitrogens with one attached hydrogen (secondary N) is 1. The number of carbonyl (C=O) groups is 1. The molecule has 0 saturated carbocycles. The second-order valence-electron chi connectivity index (χ2n) is 5.41. The Balaban J connectivity index is 2.69. The number of halogens is 3. The van der Waals surface area contributed by atoms with Gasteiger partial charge < -0.3 is 15.8 Å². The maximum Gasteiger partial charge on any atom is 0.573 e. The first-order chi connectivity index (χ1) is 8.99. The second-order valence-corrected chi connectivity index (χ2v) is 5.41.